The third-order valence-corrected chi connectivity index (χ3v) is 4.89. The van der Waals surface area contributed by atoms with Gasteiger partial charge in [-0.2, -0.15) is 18.3 Å². The molecule has 0 saturated heterocycles. The Hall–Kier alpha value is -4.41. The Kier molecular flexibility index (Phi) is 5.93. The maximum Gasteiger partial charge on any atom is 0.416 e. The third-order valence-electron chi connectivity index (χ3n) is 4.89. The molecule has 2 N–H and O–H groups in total. The van der Waals surface area contributed by atoms with E-state index in [1.807, 2.05) is 0 Å². The lowest BCUT2D eigenvalue weighted by Crippen LogP contribution is -2.19. The number of aromatic nitrogens is 3. The molecule has 2 aromatic carbocycles. The molecule has 0 fully saturated rings. The van der Waals surface area contributed by atoms with Gasteiger partial charge >= 0.3 is 18.2 Å². The molecule has 174 valence electrons. The molecule has 0 unspecified atom stereocenters. The molecule has 0 aliphatic carbocycles. The standard InChI is InChI=1S/C23H18F3N5O3/c1-13(32)34-21-20(18-11-28-31(2)19(18)12-27-21)14-6-8-16(9-7-14)29-22(33)30-17-5-3-4-15(10-17)23(24,25)26/h3-12H,1-2H3,(H2,29,30,33). The number of esters is 1. The van der Waals surface area contributed by atoms with Gasteiger partial charge in [0, 0.05) is 30.7 Å². The second kappa shape index (κ2) is 8.85. The Balaban J connectivity index is 1.56. The van der Waals surface area contributed by atoms with Gasteiger partial charge in [-0.15, -0.1) is 0 Å². The van der Waals surface area contributed by atoms with Crippen molar-refractivity contribution in [2.45, 2.75) is 13.1 Å². The van der Waals surface area contributed by atoms with Crippen LogP contribution in [0.3, 0.4) is 0 Å². The quantitative estimate of drug-likeness (QED) is 0.399. The summed E-state index contributed by atoms with van der Waals surface area (Å²) in [6.07, 6.45) is -1.33. The van der Waals surface area contributed by atoms with E-state index in [-0.39, 0.29) is 11.6 Å². The van der Waals surface area contributed by atoms with Gasteiger partial charge in [0.25, 0.3) is 0 Å². The zero-order chi connectivity index (χ0) is 24.5. The molecule has 11 heteroatoms. The summed E-state index contributed by atoms with van der Waals surface area (Å²) < 4.78 is 45.5. The molecule has 2 heterocycles. The summed E-state index contributed by atoms with van der Waals surface area (Å²) in [5.74, 6) is -0.405. The lowest BCUT2D eigenvalue weighted by atomic mass is 10.0. The Morgan fingerprint density at radius 1 is 1.00 bits per heavy atom. The third kappa shape index (κ3) is 4.82. The van der Waals surface area contributed by atoms with Gasteiger partial charge in [-0.25, -0.2) is 9.78 Å². The number of fused-ring (bicyclic) bond motifs is 1. The van der Waals surface area contributed by atoms with Crippen molar-refractivity contribution in [3.8, 4) is 17.0 Å². The van der Waals surface area contributed by atoms with Crippen LogP contribution in [-0.2, 0) is 18.0 Å². The van der Waals surface area contributed by atoms with Gasteiger partial charge in [0.1, 0.15) is 0 Å². The van der Waals surface area contributed by atoms with Gasteiger partial charge in [0.2, 0.25) is 5.88 Å². The largest absolute Gasteiger partial charge is 0.416 e. The molecular weight excluding hydrogens is 451 g/mol. The number of aryl methyl sites for hydroxylation is 1. The summed E-state index contributed by atoms with van der Waals surface area (Å²) in [7, 11) is 1.76. The SMILES string of the molecule is CC(=O)Oc1ncc2c(cnn2C)c1-c1ccc(NC(=O)Nc2cccc(C(F)(F)F)c2)cc1. The lowest BCUT2D eigenvalue weighted by Gasteiger charge is -2.12. The van der Waals surface area contributed by atoms with Crippen LogP contribution in [0, 0.1) is 0 Å². The fourth-order valence-electron chi connectivity index (χ4n) is 3.37. The van der Waals surface area contributed by atoms with Crippen LogP contribution in [-0.4, -0.2) is 26.8 Å². The van der Waals surface area contributed by atoms with Crippen molar-refractivity contribution in [3.63, 3.8) is 0 Å². The van der Waals surface area contributed by atoms with E-state index in [0.717, 1.165) is 23.0 Å². The maximum absolute atomic E-state index is 12.9. The first kappa shape index (κ1) is 22.8. The smallest absolute Gasteiger partial charge is 0.407 e. The van der Waals surface area contributed by atoms with Crippen molar-refractivity contribution >= 4 is 34.3 Å². The molecule has 0 bridgehead atoms. The summed E-state index contributed by atoms with van der Waals surface area (Å²) in [5.41, 5.74) is 1.48. The number of urea groups is 1. The van der Waals surface area contributed by atoms with Crippen LogP contribution >= 0.6 is 0 Å². The number of hydrogen-bond acceptors (Lipinski definition) is 5. The van der Waals surface area contributed by atoms with Crippen LogP contribution in [0.5, 0.6) is 5.88 Å². The van der Waals surface area contributed by atoms with Gasteiger partial charge in [-0.1, -0.05) is 18.2 Å². The van der Waals surface area contributed by atoms with Crippen LogP contribution < -0.4 is 15.4 Å². The van der Waals surface area contributed by atoms with Gasteiger partial charge in [0.15, 0.2) is 0 Å². The van der Waals surface area contributed by atoms with Crippen molar-refractivity contribution in [2.75, 3.05) is 10.6 Å². The predicted octanol–water partition coefficient (Wildman–Crippen LogP) is 5.22. The lowest BCUT2D eigenvalue weighted by molar-refractivity contribution is -0.137. The first-order chi connectivity index (χ1) is 16.1. The topological polar surface area (TPSA) is 98.1 Å². The van der Waals surface area contributed by atoms with Crippen LogP contribution in [0.4, 0.5) is 29.3 Å². The number of amides is 2. The van der Waals surface area contributed by atoms with E-state index < -0.39 is 23.7 Å². The number of nitrogens with zero attached hydrogens (tertiary/aromatic N) is 3. The normalized spacial score (nSPS) is 11.3. The number of carbonyl (C=O) groups excluding carboxylic acids is 2. The molecule has 4 rings (SSSR count). The summed E-state index contributed by atoms with van der Waals surface area (Å²) in [5, 5.41) is 9.88. The van der Waals surface area contributed by atoms with Crippen molar-refractivity contribution in [3.05, 3.63) is 66.5 Å². The van der Waals surface area contributed by atoms with E-state index in [2.05, 4.69) is 20.7 Å². The maximum atomic E-state index is 12.9. The summed E-state index contributed by atoms with van der Waals surface area (Å²) in [4.78, 5) is 28.0. The monoisotopic (exact) mass is 469 g/mol. The zero-order valence-corrected chi connectivity index (χ0v) is 18.0. The molecule has 0 aliphatic rings. The number of benzene rings is 2. The van der Waals surface area contributed by atoms with Crippen LogP contribution in [0.2, 0.25) is 0 Å². The number of carbonyl (C=O) groups is 2. The molecule has 2 aromatic heterocycles. The number of alkyl halides is 3. The molecule has 0 atom stereocenters. The average Bonchev–Trinajstić information content (AvgIpc) is 3.14. The van der Waals surface area contributed by atoms with E-state index in [4.69, 9.17) is 4.74 Å². The molecule has 2 amide bonds. The number of ether oxygens (including phenoxy) is 1. The molecule has 0 saturated carbocycles. The van der Waals surface area contributed by atoms with Crippen LogP contribution in [0.1, 0.15) is 12.5 Å². The van der Waals surface area contributed by atoms with Gasteiger partial charge in [-0.05, 0) is 35.9 Å². The highest BCUT2D eigenvalue weighted by Crippen LogP contribution is 2.36. The van der Waals surface area contributed by atoms with E-state index in [9.17, 15) is 22.8 Å². The highest BCUT2D eigenvalue weighted by Gasteiger charge is 2.30. The molecule has 8 nitrogen and oxygen atoms in total. The number of halogens is 3. The van der Waals surface area contributed by atoms with E-state index >= 15 is 0 Å². The highest BCUT2D eigenvalue weighted by molar-refractivity contribution is 6.01. The Labute approximate surface area is 191 Å². The predicted molar refractivity (Wildman–Crippen MR) is 119 cm³/mol. The zero-order valence-electron chi connectivity index (χ0n) is 18.0. The fourth-order valence-corrected chi connectivity index (χ4v) is 3.37. The summed E-state index contributed by atoms with van der Waals surface area (Å²) in [6.45, 7) is 1.27. The molecular formula is C23H18F3N5O3. The van der Waals surface area contributed by atoms with Crippen molar-refractivity contribution in [2.24, 2.45) is 7.05 Å². The Bertz CT molecular complexity index is 1380. The summed E-state index contributed by atoms with van der Waals surface area (Å²) in [6, 6.07) is 10.2. The van der Waals surface area contributed by atoms with Gasteiger partial charge in [0.05, 0.1) is 29.0 Å². The second-order valence-corrected chi connectivity index (χ2v) is 7.33. The number of nitrogens with one attached hydrogen (secondary N) is 2. The highest BCUT2D eigenvalue weighted by atomic mass is 19.4. The second-order valence-electron chi connectivity index (χ2n) is 7.33. The fraction of sp³-hybridized carbons (Fsp3) is 0.130. The number of rotatable bonds is 4. The molecule has 34 heavy (non-hydrogen) atoms. The minimum atomic E-state index is -4.51. The van der Waals surface area contributed by atoms with Gasteiger partial charge in [-0.3, -0.25) is 9.48 Å². The van der Waals surface area contributed by atoms with E-state index in [0.29, 0.717) is 16.8 Å². The molecule has 4 aromatic rings. The first-order valence-corrected chi connectivity index (χ1v) is 9.96. The van der Waals surface area contributed by atoms with Crippen LogP contribution in [0.25, 0.3) is 22.0 Å². The minimum Gasteiger partial charge on any atom is -0.407 e. The Morgan fingerprint density at radius 3 is 2.38 bits per heavy atom. The Morgan fingerprint density at radius 2 is 1.71 bits per heavy atom. The molecule has 0 aliphatic heterocycles. The van der Waals surface area contributed by atoms with Gasteiger partial charge < -0.3 is 15.4 Å². The number of pyridine rings is 1. The van der Waals surface area contributed by atoms with Crippen molar-refractivity contribution < 1.29 is 27.5 Å². The molecule has 0 radical (unpaired) electrons. The first-order valence-electron chi connectivity index (χ1n) is 9.96. The molecule has 0 spiro atoms. The number of hydrogen-bond donors (Lipinski definition) is 2. The number of anilines is 2. The minimum absolute atomic E-state index is 0.00398. The van der Waals surface area contributed by atoms with Crippen molar-refractivity contribution in [1.82, 2.24) is 14.8 Å². The van der Waals surface area contributed by atoms with E-state index in [1.54, 1.807) is 48.4 Å². The van der Waals surface area contributed by atoms with Crippen molar-refractivity contribution in [1.29, 1.82) is 0 Å². The summed E-state index contributed by atoms with van der Waals surface area (Å²) >= 11 is 0. The van der Waals surface area contributed by atoms with E-state index in [1.165, 1.54) is 19.1 Å². The average molecular weight is 469 g/mol. The van der Waals surface area contributed by atoms with Crippen LogP contribution in [0.15, 0.2) is 60.9 Å².